The Morgan fingerprint density at radius 2 is 2.08 bits per heavy atom. The Hall–Kier alpha value is -2.09. The van der Waals surface area contributed by atoms with Crippen molar-refractivity contribution in [2.24, 2.45) is 0 Å². The van der Waals surface area contributed by atoms with Crippen molar-refractivity contribution in [1.82, 2.24) is 4.98 Å². The van der Waals surface area contributed by atoms with Crippen molar-refractivity contribution < 1.29 is 13.2 Å². The molecule has 3 aromatic rings. The van der Waals surface area contributed by atoms with Gasteiger partial charge in [-0.05, 0) is 48.2 Å². The standard InChI is InChI=1S/C18H17ClN2O3S2/c1-13-15(19)5-2-6-18(13)26(22,23)21-16-8-11-25-17(16)7-10-24-14-4-3-9-20-12-14/h2-6,8-9,11-12,21H,7,10H2,1H3. The molecular weight excluding hydrogens is 392 g/mol. The number of thiophene rings is 1. The maximum atomic E-state index is 12.7. The van der Waals surface area contributed by atoms with Crippen LogP contribution in [-0.2, 0) is 16.4 Å². The topological polar surface area (TPSA) is 68.3 Å². The highest BCUT2D eigenvalue weighted by Gasteiger charge is 2.20. The van der Waals surface area contributed by atoms with Crippen LogP contribution in [0.3, 0.4) is 0 Å². The zero-order valence-corrected chi connectivity index (χ0v) is 16.4. The third-order valence-electron chi connectivity index (χ3n) is 3.73. The van der Waals surface area contributed by atoms with E-state index in [0.717, 1.165) is 4.88 Å². The molecular formula is C18H17ClN2O3S2. The SMILES string of the molecule is Cc1c(Cl)cccc1S(=O)(=O)Nc1ccsc1CCOc1cccnc1. The molecule has 0 saturated heterocycles. The Balaban J connectivity index is 1.71. The molecule has 0 aliphatic rings. The molecule has 0 atom stereocenters. The number of rotatable bonds is 7. The first-order valence-corrected chi connectivity index (χ1v) is 10.6. The Labute approximate surface area is 161 Å². The number of hydrogen-bond donors (Lipinski definition) is 1. The average Bonchev–Trinajstić information content (AvgIpc) is 3.04. The first-order valence-electron chi connectivity index (χ1n) is 7.84. The highest BCUT2D eigenvalue weighted by molar-refractivity contribution is 7.92. The van der Waals surface area contributed by atoms with Gasteiger partial charge in [0.25, 0.3) is 10.0 Å². The predicted molar refractivity (Wildman–Crippen MR) is 105 cm³/mol. The van der Waals surface area contributed by atoms with Crippen LogP contribution in [0, 0.1) is 6.92 Å². The predicted octanol–water partition coefficient (Wildman–Crippen LogP) is 4.53. The van der Waals surface area contributed by atoms with Gasteiger partial charge in [0, 0.05) is 22.5 Å². The summed E-state index contributed by atoms with van der Waals surface area (Å²) in [6.07, 6.45) is 3.90. The molecule has 26 heavy (non-hydrogen) atoms. The molecule has 0 unspecified atom stereocenters. The van der Waals surface area contributed by atoms with Crippen LogP contribution in [0.25, 0.3) is 0 Å². The van der Waals surface area contributed by atoms with E-state index in [1.165, 1.54) is 11.3 Å². The quantitative estimate of drug-likeness (QED) is 0.623. The van der Waals surface area contributed by atoms with Gasteiger partial charge in [0.1, 0.15) is 5.75 Å². The van der Waals surface area contributed by atoms with Crippen LogP contribution >= 0.6 is 22.9 Å². The van der Waals surface area contributed by atoms with Crippen LogP contribution in [0.1, 0.15) is 10.4 Å². The second-order valence-corrected chi connectivity index (χ2v) is 8.57. The van der Waals surface area contributed by atoms with Crippen LogP contribution < -0.4 is 9.46 Å². The zero-order chi connectivity index (χ0) is 18.6. The largest absolute Gasteiger partial charge is 0.492 e. The van der Waals surface area contributed by atoms with Gasteiger partial charge in [-0.3, -0.25) is 9.71 Å². The van der Waals surface area contributed by atoms with Gasteiger partial charge < -0.3 is 4.74 Å². The van der Waals surface area contributed by atoms with Crippen LogP contribution in [0.5, 0.6) is 5.75 Å². The molecule has 0 amide bonds. The zero-order valence-electron chi connectivity index (χ0n) is 14.0. The summed E-state index contributed by atoms with van der Waals surface area (Å²) >= 11 is 7.53. The second kappa shape index (κ2) is 8.07. The van der Waals surface area contributed by atoms with Crippen LogP contribution in [0.4, 0.5) is 5.69 Å². The molecule has 5 nitrogen and oxygen atoms in total. The minimum atomic E-state index is -3.71. The number of benzene rings is 1. The Kier molecular flexibility index (Phi) is 5.80. The molecule has 2 aromatic heterocycles. The fourth-order valence-corrected chi connectivity index (χ4v) is 4.87. The van der Waals surface area contributed by atoms with Gasteiger partial charge in [0.2, 0.25) is 0 Å². The third kappa shape index (κ3) is 4.35. The van der Waals surface area contributed by atoms with E-state index in [2.05, 4.69) is 9.71 Å². The normalized spacial score (nSPS) is 11.3. The van der Waals surface area contributed by atoms with Crippen LogP contribution in [0.15, 0.2) is 59.1 Å². The summed E-state index contributed by atoms with van der Waals surface area (Å²) in [5.41, 5.74) is 1.09. The van der Waals surface area contributed by atoms with E-state index in [1.807, 2.05) is 11.4 Å². The van der Waals surface area contributed by atoms with E-state index in [1.54, 1.807) is 49.6 Å². The number of nitrogens with one attached hydrogen (secondary N) is 1. The summed E-state index contributed by atoms with van der Waals surface area (Å²) in [7, 11) is -3.71. The van der Waals surface area contributed by atoms with Crippen LogP contribution in [-0.4, -0.2) is 20.0 Å². The number of aromatic nitrogens is 1. The summed E-state index contributed by atoms with van der Waals surface area (Å²) in [5, 5.41) is 2.27. The maximum absolute atomic E-state index is 12.7. The van der Waals surface area contributed by atoms with Gasteiger partial charge >= 0.3 is 0 Å². The van der Waals surface area contributed by atoms with E-state index < -0.39 is 10.0 Å². The number of halogens is 1. The molecule has 0 spiro atoms. The monoisotopic (exact) mass is 408 g/mol. The lowest BCUT2D eigenvalue weighted by atomic mass is 10.2. The molecule has 8 heteroatoms. The Morgan fingerprint density at radius 3 is 2.85 bits per heavy atom. The highest BCUT2D eigenvalue weighted by Crippen LogP contribution is 2.28. The summed E-state index contributed by atoms with van der Waals surface area (Å²) in [6, 6.07) is 10.2. The lowest BCUT2D eigenvalue weighted by Crippen LogP contribution is -2.15. The van der Waals surface area contributed by atoms with Crippen molar-refractivity contribution in [2.75, 3.05) is 11.3 Å². The molecule has 0 fully saturated rings. The summed E-state index contributed by atoms with van der Waals surface area (Å²) in [6.45, 7) is 2.12. The average molecular weight is 409 g/mol. The highest BCUT2D eigenvalue weighted by atomic mass is 35.5. The fraction of sp³-hybridized carbons (Fsp3) is 0.167. The summed E-state index contributed by atoms with van der Waals surface area (Å²) in [5.74, 6) is 0.681. The van der Waals surface area contributed by atoms with Gasteiger partial charge in [-0.2, -0.15) is 0 Å². The number of pyridine rings is 1. The Morgan fingerprint density at radius 1 is 1.23 bits per heavy atom. The molecule has 1 aromatic carbocycles. The first-order chi connectivity index (χ1) is 12.5. The van der Waals surface area contributed by atoms with Crippen molar-refractivity contribution in [3.63, 3.8) is 0 Å². The molecule has 2 heterocycles. The molecule has 0 aliphatic heterocycles. The minimum absolute atomic E-state index is 0.175. The van der Waals surface area contributed by atoms with Crippen molar-refractivity contribution in [3.05, 3.63) is 69.6 Å². The molecule has 0 aliphatic carbocycles. The van der Waals surface area contributed by atoms with Crippen LogP contribution in [0.2, 0.25) is 5.02 Å². The number of anilines is 1. The smallest absolute Gasteiger partial charge is 0.262 e. The van der Waals surface area contributed by atoms with Crippen molar-refractivity contribution >= 4 is 38.6 Å². The third-order valence-corrected chi connectivity index (χ3v) is 6.63. The fourth-order valence-electron chi connectivity index (χ4n) is 2.40. The van der Waals surface area contributed by atoms with Gasteiger partial charge in [0.05, 0.1) is 23.4 Å². The van der Waals surface area contributed by atoms with E-state index in [9.17, 15) is 8.42 Å². The first kappa shape index (κ1) is 18.7. The molecule has 1 N–H and O–H groups in total. The lowest BCUT2D eigenvalue weighted by Gasteiger charge is -2.12. The molecule has 136 valence electrons. The van der Waals surface area contributed by atoms with Gasteiger partial charge in [-0.15, -0.1) is 11.3 Å². The molecule has 0 bridgehead atoms. The van der Waals surface area contributed by atoms with E-state index in [4.69, 9.17) is 16.3 Å². The van der Waals surface area contributed by atoms with E-state index in [-0.39, 0.29) is 4.90 Å². The summed E-state index contributed by atoms with van der Waals surface area (Å²) < 4.78 is 33.7. The van der Waals surface area contributed by atoms with Crippen molar-refractivity contribution in [2.45, 2.75) is 18.2 Å². The molecule has 3 rings (SSSR count). The van der Waals surface area contributed by atoms with Gasteiger partial charge in [-0.25, -0.2) is 8.42 Å². The maximum Gasteiger partial charge on any atom is 0.262 e. The number of ether oxygens (including phenoxy) is 1. The van der Waals surface area contributed by atoms with Gasteiger partial charge in [-0.1, -0.05) is 17.7 Å². The number of sulfonamides is 1. The second-order valence-electron chi connectivity index (χ2n) is 5.51. The van der Waals surface area contributed by atoms with Crippen molar-refractivity contribution in [3.8, 4) is 5.75 Å². The Bertz CT molecular complexity index is 989. The number of nitrogens with zero attached hydrogens (tertiary/aromatic N) is 1. The summed E-state index contributed by atoms with van der Waals surface area (Å²) in [4.78, 5) is 5.07. The van der Waals surface area contributed by atoms with E-state index in [0.29, 0.717) is 35.1 Å². The number of hydrogen-bond acceptors (Lipinski definition) is 5. The lowest BCUT2D eigenvalue weighted by molar-refractivity contribution is 0.322. The van der Waals surface area contributed by atoms with Gasteiger partial charge in [0.15, 0.2) is 0 Å². The molecule has 0 saturated carbocycles. The molecule has 0 radical (unpaired) electrons. The minimum Gasteiger partial charge on any atom is -0.492 e. The van der Waals surface area contributed by atoms with E-state index >= 15 is 0 Å². The van der Waals surface area contributed by atoms with Crippen molar-refractivity contribution in [1.29, 1.82) is 0 Å².